The average Bonchev–Trinajstić information content (AvgIpc) is 3.31. The van der Waals surface area contributed by atoms with Gasteiger partial charge in [-0.3, -0.25) is 9.59 Å². The van der Waals surface area contributed by atoms with E-state index in [1.54, 1.807) is 6.08 Å². The maximum absolute atomic E-state index is 12.5. The Kier molecular flexibility index (Phi) is 11.1. The number of nitrogens with one attached hydrogen (secondary N) is 2. The molecule has 0 bridgehead atoms. The molecule has 0 aromatic carbocycles. The van der Waals surface area contributed by atoms with Crippen molar-refractivity contribution in [2.45, 2.75) is 123 Å². The van der Waals surface area contributed by atoms with Gasteiger partial charge in [-0.1, -0.05) is 32.0 Å². The molecule has 0 aliphatic heterocycles. The fourth-order valence-corrected chi connectivity index (χ4v) is 10.1. The number of nitrogens with zero attached hydrogens (tertiary/aromatic N) is 3. The topological polar surface area (TPSA) is 127 Å². The number of allylic oxidation sites excluding steroid dienone is 1. The molecule has 232 valence electrons. The number of rotatable bonds is 12. The first-order chi connectivity index (χ1) is 20.1. The van der Waals surface area contributed by atoms with Gasteiger partial charge in [0.1, 0.15) is 6.17 Å². The highest BCUT2D eigenvalue weighted by Crippen LogP contribution is 2.68. The molecule has 2 amide bonds. The molecular weight excluding hydrogens is 526 g/mol. The number of carbonyl (C=O) groups is 2. The number of aliphatic hydroxyl groups excluding tert-OH is 1. The van der Waals surface area contributed by atoms with E-state index in [4.69, 9.17) is 12.0 Å². The van der Waals surface area contributed by atoms with Gasteiger partial charge < -0.3 is 15.7 Å². The minimum absolute atomic E-state index is 0.0807. The Labute approximate surface area is 252 Å². The molecule has 10 atom stereocenters. The van der Waals surface area contributed by atoms with Crippen LogP contribution in [0.5, 0.6) is 0 Å². The van der Waals surface area contributed by atoms with Crippen LogP contribution in [0.3, 0.4) is 0 Å². The predicted molar refractivity (Wildman–Crippen MR) is 166 cm³/mol. The number of carbonyl (C=O) groups excluding carboxylic acids is 2. The van der Waals surface area contributed by atoms with E-state index in [0.29, 0.717) is 29.1 Å². The van der Waals surface area contributed by atoms with E-state index in [-0.39, 0.29) is 37.3 Å². The van der Waals surface area contributed by atoms with Gasteiger partial charge in [-0.05, 0) is 135 Å². The quantitative estimate of drug-likeness (QED) is 0.0455. The Morgan fingerprint density at radius 2 is 1.88 bits per heavy atom. The zero-order valence-electron chi connectivity index (χ0n) is 26.1. The molecule has 4 rings (SSSR count). The van der Waals surface area contributed by atoms with Gasteiger partial charge in [0.2, 0.25) is 11.8 Å². The lowest BCUT2D eigenvalue weighted by atomic mass is 9.44. The Morgan fingerprint density at radius 1 is 1.12 bits per heavy atom. The standard InChI is InChI=1S/C34H53N5O3/c1-5-9-30(38-32(42)12-8-21-36-39-35)37-31(41)11-7-6-10-23(2)27-15-16-28-26-14-13-24-22-25(40)17-19-33(24,3)29(26)18-20-34(27,28)4/h1,7,11,23-30,40H,6,8-10,12-22H2,2-4H3,(H,37,41)(H,38,42)/t23-,24-,25-,26+,27-,28+,29+,30?,33+,34-/m1/s1. The molecule has 0 radical (unpaired) electrons. The number of fused-ring (bicyclic) bond motifs is 5. The molecule has 0 spiro atoms. The minimum atomic E-state index is -0.625. The molecule has 42 heavy (non-hydrogen) atoms. The van der Waals surface area contributed by atoms with Gasteiger partial charge in [0.25, 0.3) is 0 Å². The van der Waals surface area contributed by atoms with Crippen molar-refractivity contribution in [1.29, 1.82) is 0 Å². The molecule has 0 saturated heterocycles. The summed E-state index contributed by atoms with van der Waals surface area (Å²) in [6, 6.07) is 0. The summed E-state index contributed by atoms with van der Waals surface area (Å²) in [4.78, 5) is 27.4. The fraction of sp³-hybridized carbons (Fsp3) is 0.824. The van der Waals surface area contributed by atoms with E-state index in [9.17, 15) is 14.7 Å². The summed E-state index contributed by atoms with van der Waals surface area (Å²) in [5, 5.41) is 19.3. The van der Waals surface area contributed by atoms with Gasteiger partial charge in [-0.2, -0.15) is 0 Å². The third-order valence-corrected chi connectivity index (χ3v) is 12.2. The highest BCUT2D eigenvalue weighted by Gasteiger charge is 2.60. The van der Waals surface area contributed by atoms with Crippen LogP contribution in [0, 0.1) is 58.7 Å². The lowest BCUT2D eigenvalue weighted by Crippen LogP contribution is -2.54. The first-order valence-electron chi connectivity index (χ1n) is 16.5. The molecule has 0 aromatic heterocycles. The molecule has 4 fully saturated rings. The second-order valence-corrected chi connectivity index (χ2v) is 14.4. The van der Waals surface area contributed by atoms with Crippen LogP contribution in [0.15, 0.2) is 17.3 Å². The summed E-state index contributed by atoms with van der Waals surface area (Å²) in [7, 11) is 0. The van der Waals surface area contributed by atoms with E-state index < -0.39 is 6.17 Å². The number of azide groups is 1. The maximum Gasteiger partial charge on any atom is 0.245 e. The summed E-state index contributed by atoms with van der Waals surface area (Å²) in [6.07, 6.45) is 22.3. The second-order valence-electron chi connectivity index (χ2n) is 14.4. The van der Waals surface area contributed by atoms with Crippen molar-refractivity contribution < 1.29 is 14.7 Å². The van der Waals surface area contributed by atoms with Crippen LogP contribution < -0.4 is 10.6 Å². The molecule has 4 aliphatic rings. The fourth-order valence-electron chi connectivity index (χ4n) is 10.1. The van der Waals surface area contributed by atoms with Gasteiger partial charge in [-0.25, -0.2) is 0 Å². The van der Waals surface area contributed by atoms with E-state index in [0.717, 1.165) is 49.4 Å². The molecule has 4 aliphatic carbocycles. The summed E-state index contributed by atoms with van der Waals surface area (Å²) in [5.41, 5.74) is 9.18. The molecule has 3 N–H and O–H groups in total. The van der Waals surface area contributed by atoms with Crippen LogP contribution in [0.25, 0.3) is 10.4 Å². The van der Waals surface area contributed by atoms with Crippen LogP contribution in [0.4, 0.5) is 0 Å². The van der Waals surface area contributed by atoms with Gasteiger partial charge in [0.15, 0.2) is 0 Å². The molecular formula is C34H53N5O3. The Hall–Kier alpha value is -2.49. The highest BCUT2D eigenvalue weighted by atomic mass is 16.3. The number of hydrogen-bond acceptors (Lipinski definition) is 4. The predicted octanol–water partition coefficient (Wildman–Crippen LogP) is 6.65. The highest BCUT2D eigenvalue weighted by molar-refractivity contribution is 5.88. The Balaban J connectivity index is 1.25. The molecule has 4 saturated carbocycles. The van der Waals surface area contributed by atoms with Crippen molar-refractivity contribution in [1.82, 2.24) is 10.6 Å². The van der Waals surface area contributed by atoms with Crippen molar-refractivity contribution in [3.8, 4) is 12.3 Å². The van der Waals surface area contributed by atoms with Gasteiger partial charge in [0, 0.05) is 24.3 Å². The first-order valence-corrected chi connectivity index (χ1v) is 16.5. The van der Waals surface area contributed by atoms with Crippen molar-refractivity contribution in [2.24, 2.45) is 51.5 Å². The van der Waals surface area contributed by atoms with Crippen LogP contribution in [0.2, 0.25) is 0 Å². The maximum atomic E-state index is 12.5. The summed E-state index contributed by atoms with van der Waals surface area (Å²) in [5.74, 6) is 6.57. The molecule has 8 nitrogen and oxygen atoms in total. The molecule has 0 heterocycles. The zero-order chi connectivity index (χ0) is 30.3. The van der Waals surface area contributed by atoms with Crippen LogP contribution >= 0.6 is 0 Å². The molecule has 0 aromatic rings. The smallest absolute Gasteiger partial charge is 0.245 e. The average molecular weight is 580 g/mol. The van der Waals surface area contributed by atoms with Crippen LogP contribution in [-0.4, -0.2) is 35.7 Å². The summed E-state index contributed by atoms with van der Waals surface area (Å²) >= 11 is 0. The van der Waals surface area contributed by atoms with E-state index in [1.165, 1.54) is 44.9 Å². The number of aliphatic hydroxyl groups is 1. The number of amides is 2. The van der Waals surface area contributed by atoms with Gasteiger partial charge >= 0.3 is 0 Å². The largest absolute Gasteiger partial charge is 0.393 e. The monoisotopic (exact) mass is 579 g/mol. The third kappa shape index (κ3) is 7.17. The van der Waals surface area contributed by atoms with E-state index in [1.807, 2.05) is 6.08 Å². The first kappa shape index (κ1) is 32.4. The summed E-state index contributed by atoms with van der Waals surface area (Å²) < 4.78 is 0. The molecule has 8 heteroatoms. The Bertz CT molecular complexity index is 1080. The van der Waals surface area contributed by atoms with Gasteiger partial charge in [0.05, 0.1) is 6.10 Å². The lowest BCUT2D eigenvalue weighted by Gasteiger charge is -2.61. The van der Waals surface area contributed by atoms with Crippen molar-refractivity contribution >= 4 is 11.8 Å². The van der Waals surface area contributed by atoms with Crippen LogP contribution in [-0.2, 0) is 9.59 Å². The third-order valence-electron chi connectivity index (χ3n) is 12.2. The Morgan fingerprint density at radius 3 is 2.64 bits per heavy atom. The van der Waals surface area contributed by atoms with E-state index in [2.05, 4.69) is 47.4 Å². The normalized spacial score (nSPS) is 36.8. The molecule has 1 unspecified atom stereocenters. The van der Waals surface area contributed by atoms with Gasteiger partial charge in [-0.15, -0.1) is 12.3 Å². The SMILES string of the molecule is C#CCC(NC(=O)C=CCC[C@@H](C)[C@H]1CC[C@H]2[C@@H]3CC[C@@H]4C[C@H](O)CC[C@]4(C)[C@H]3CC[C@]12C)NC(=O)CCCN=[N+]=[N-]. The van der Waals surface area contributed by atoms with Crippen molar-refractivity contribution in [3.63, 3.8) is 0 Å². The van der Waals surface area contributed by atoms with Crippen molar-refractivity contribution in [2.75, 3.05) is 6.54 Å². The lowest BCUT2D eigenvalue weighted by molar-refractivity contribution is -0.129. The number of terminal acetylenes is 1. The van der Waals surface area contributed by atoms with Crippen LogP contribution in [0.1, 0.15) is 111 Å². The minimum Gasteiger partial charge on any atom is -0.393 e. The summed E-state index contributed by atoms with van der Waals surface area (Å²) in [6.45, 7) is 7.84. The zero-order valence-corrected chi connectivity index (χ0v) is 26.1. The number of hydrogen-bond donors (Lipinski definition) is 3. The van der Waals surface area contributed by atoms with E-state index >= 15 is 0 Å². The van der Waals surface area contributed by atoms with Crippen molar-refractivity contribution in [3.05, 3.63) is 22.6 Å². The second kappa shape index (κ2) is 14.3.